The van der Waals surface area contributed by atoms with Gasteiger partial charge in [0.1, 0.15) is 17.3 Å². The Hall–Kier alpha value is -2.32. The third-order valence-electron chi connectivity index (χ3n) is 3.31. The summed E-state index contributed by atoms with van der Waals surface area (Å²) < 4.78 is 12.2. The molecule has 0 atom stereocenters. The molecule has 0 saturated heterocycles. The van der Waals surface area contributed by atoms with E-state index in [-0.39, 0.29) is 19.2 Å². The Morgan fingerprint density at radius 3 is 2.91 bits per heavy atom. The molecule has 23 heavy (non-hydrogen) atoms. The average molecular weight is 352 g/mol. The number of anilines is 1. The van der Waals surface area contributed by atoms with Gasteiger partial charge in [-0.3, -0.25) is 4.68 Å². The van der Waals surface area contributed by atoms with E-state index in [2.05, 4.69) is 20.4 Å². The van der Waals surface area contributed by atoms with Gasteiger partial charge in [-0.05, 0) is 18.4 Å². The molecule has 0 amide bonds. The first-order valence-corrected chi connectivity index (χ1v) is 7.57. The van der Waals surface area contributed by atoms with Gasteiger partial charge in [0, 0.05) is 7.05 Å². The van der Waals surface area contributed by atoms with Crippen molar-refractivity contribution in [2.24, 2.45) is 7.05 Å². The Kier molecular flexibility index (Phi) is 4.10. The molecule has 0 fully saturated rings. The van der Waals surface area contributed by atoms with E-state index in [0.717, 1.165) is 21.6 Å². The van der Waals surface area contributed by atoms with E-state index >= 15 is 0 Å². The number of aromatic nitrogens is 4. The Labute approximate surface area is 142 Å². The zero-order valence-corrected chi connectivity index (χ0v) is 14.1. The summed E-state index contributed by atoms with van der Waals surface area (Å²) in [5.41, 5.74) is 2.51. The van der Waals surface area contributed by atoms with Crippen LogP contribution in [0, 0.1) is 6.92 Å². The maximum absolute atomic E-state index is 5.32. The van der Waals surface area contributed by atoms with E-state index < -0.39 is 0 Å². The molecule has 1 N–H and O–H groups in total. The summed E-state index contributed by atoms with van der Waals surface area (Å²) in [6.45, 7) is 2.14. The zero-order valence-electron chi connectivity index (χ0n) is 12.4. The molecule has 0 spiro atoms. The van der Waals surface area contributed by atoms with Gasteiger partial charge in [-0.1, -0.05) is 6.07 Å². The number of nitrogens with one attached hydrogen (secondary N) is 1. The molecule has 0 unspecified atom stereocenters. The number of rotatable bonds is 3. The van der Waals surface area contributed by atoms with Crippen molar-refractivity contribution in [3.8, 4) is 10.7 Å². The minimum atomic E-state index is 0. The van der Waals surface area contributed by atoms with Crippen LogP contribution in [0.25, 0.3) is 21.7 Å². The van der Waals surface area contributed by atoms with Crippen molar-refractivity contribution < 1.29 is 9.47 Å². The quantitative estimate of drug-likeness (QED) is 0.781. The first-order valence-electron chi connectivity index (χ1n) is 6.69. The van der Waals surface area contributed by atoms with Gasteiger partial charge >= 0.3 is 0 Å². The first-order chi connectivity index (χ1) is 10.7. The molecule has 9 heteroatoms. The van der Waals surface area contributed by atoms with Crippen LogP contribution >= 0.6 is 23.7 Å². The molecule has 0 aliphatic carbocycles. The fourth-order valence-corrected chi connectivity index (χ4v) is 3.02. The highest BCUT2D eigenvalue weighted by Crippen LogP contribution is 2.29. The maximum atomic E-state index is 5.32. The number of hydrogen-bond donors (Lipinski definition) is 1. The third-order valence-corrected chi connectivity index (χ3v) is 4.17. The van der Waals surface area contributed by atoms with E-state index in [1.807, 2.05) is 31.5 Å². The first kappa shape index (κ1) is 15.6. The number of nitrogens with zero attached hydrogens (tertiary/aromatic N) is 4. The highest BCUT2D eigenvalue weighted by Gasteiger charge is 2.18. The van der Waals surface area contributed by atoms with Crippen LogP contribution in [0.5, 0.6) is 0 Å². The van der Waals surface area contributed by atoms with Crippen LogP contribution in [0.4, 0.5) is 5.82 Å². The minimum absolute atomic E-state index is 0. The number of fused-ring (bicyclic) bond motifs is 1. The van der Waals surface area contributed by atoms with Crippen molar-refractivity contribution in [3.63, 3.8) is 0 Å². The summed E-state index contributed by atoms with van der Waals surface area (Å²) in [6, 6.07) is 3.98. The average Bonchev–Trinajstić information content (AvgIpc) is 3.22. The van der Waals surface area contributed by atoms with E-state index in [0.29, 0.717) is 17.5 Å². The summed E-state index contributed by atoms with van der Waals surface area (Å²) >= 11 is 1.60. The molecule has 0 saturated carbocycles. The van der Waals surface area contributed by atoms with Crippen molar-refractivity contribution in [3.05, 3.63) is 35.4 Å². The number of hydrogen-bond acceptors (Lipinski definition) is 7. The van der Waals surface area contributed by atoms with Crippen molar-refractivity contribution in [1.29, 1.82) is 0 Å². The fourth-order valence-electron chi connectivity index (χ4n) is 2.36. The Morgan fingerprint density at radius 1 is 1.35 bits per heavy atom. The highest BCUT2D eigenvalue weighted by atomic mass is 35.5. The van der Waals surface area contributed by atoms with Gasteiger partial charge in [0.15, 0.2) is 11.6 Å². The van der Waals surface area contributed by atoms with Gasteiger partial charge in [-0.2, -0.15) is 5.10 Å². The third kappa shape index (κ3) is 2.71. The van der Waals surface area contributed by atoms with Gasteiger partial charge in [0.2, 0.25) is 12.7 Å². The van der Waals surface area contributed by atoms with E-state index in [4.69, 9.17) is 9.47 Å². The van der Waals surface area contributed by atoms with Gasteiger partial charge in [0.25, 0.3) is 0 Å². The standard InChI is InChI=1S/C14H13N5O2S.ClH/c1-8-11-12(19(2)18-8)14(15-10-6-20-7-21-10)17-13(16-11)9-4-3-5-22-9;/h3-6H,7H2,1-2H3,(H,15,16,17);1H. The Balaban J connectivity index is 0.00000156. The molecule has 0 radical (unpaired) electrons. The van der Waals surface area contributed by atoms with Crippen molar-refractivity contribution >= 4 is 40.6 Å². The molecular formula is C14H14ClN5O2S. The smallest absolute Gasteiger partial charge is 0.232 e. The molecule has 0 bridgehead atoms. The van der Waals surface area contributed by atoms with Crippen LogP contribution in [-0.2, 0) is 16.5 Å². The zero-order chi connectivity index (χ0) is 15.1. The fraction of sp³-hybridized carbons (Fsp3) is 0.214. The molecule has 0 aromatic carbocycles. The molecule has 1 aliphatic heterocycles. The molecule has 7 nitrogen and oxygen atoms in total. The molecule has 4 heterocycles. The lowest BCUT2D eigenvalue weighted by Crippen LogP contribution is -2.06. The summed E-state index contributed by atoms with van der Waals surface area (Å²) in [6.07, 6.45) is 1.53. The second kappa shape index (κ2) is 6.05. The molecular weight excluding hydrogens is 338 g/mol. The van der Waals surface area contributed by atoms with Crippen LogP contribution in [0.2, 0.25) is 0 Å². The molecule has 1 aliphatic rings. The molecule has 3 aromatic heterocycles. The molecule has 4 rings (SSSR count). The second-order valence-electron chi connectivity index (χ2n) is 4.82. The number of halogens is 1. The van der Waals surface area contributed by atoms with Gasteiger partial charge < -0.3 is 14.8 Å². The van der Waals surface area contributed by atoms with E-state index in [1.165, 1.54) is 6.26 Å². The van der Waals surface area contributed by atoms with Gasteiger partial charge in [0.05, 0.1) is 10.6 Å². The topological polar surface area (TPSA) is 74.1 Å². The Morgan fingerprint density at radius 2 is 2.22 bits per heavy atom. The summed E-state index contributed by atoms with van der Waals surface area (Å²) in [4.78, 5) is 10.3. The lowest BCUT2D eigenvalue weighted by molar-refractivity contribution is 0.0823. The van der Waals surface area contributed by atoms with Gasteiger partial charge in [-0.25, -0.2) is 9.97 Å². The number of thiophene rings is 1. The summed E-state index contributed by atoms with van der Waals surface area (Å²) in [5, 5.41) is 9.58. The van der Waals surface area contributed by atoms with Crippen LogP contribution in [0.1, 0.15) is 5.69 Å². The van der Waals surface area contributed by atoms with Crippen LogP contribution in [-0.4, -0.2) is 26.5 Å². The van der Waals surface area contributed by atoms with Crippen LogP contribution < -0.4 is 5.32 Å². The predicted octanol–water partition coefficient (Wildman–Crippen LogP) is 3.04. The highest BCUT2D eigenvalue weighted by molar-refractivity contribution is 7.13. The van der Waals surface area contributed by atoms with Crippen LogP contribution in [0.3, 0.4) is 0 Å². The minimum Gasteiger partial charge on any atom is -0.459 e. The lowest BCUT2D eigenvalue weighted by Gasteiger charge is -2.08. The monoisotopic (exact) mass is 351 g/mol. The SMILES string of the molecule is Cc1nn(C)c2c(NC3=COCO3)nc(-c3cccs3)nc12.Cl. The molecule has 3 aromatic rings. The van der Waals surface area contributed by atoms with Crippen molar-refractivity contribution in [2.45, 2.75) is 6.92 Å². The van der Waals surface area contributed by atoms with E-state index in [1.54, 1.807) is 16.0 Å². The van der Waals surface area contributed by atoms with Crippen LogP contribution in [0.15, 0.2) is 29.7 Å². The van der Waals surface area contributed by atoms with Gasteiger partial charge in [-0.15, -0.1) is 23.7 Å². The number of aryl methyl sites for hydroxylation is 2. The summed E-state index contributed by atoms with van der Waals surface area (Å²) in [7, 11) is 1.87. The lowest BCUT2D eigenvalue weighted by atomic mass is 10.3. The molecule has 120 valence electrons. The number of ether oxygens (including phenoxy) is 2. The predicted molar refractivity (Wildman–Crippen MR) is 90.3 cm³/mol. The Bertz CT molecular complexity index is 875. The van der Waals surface area contributed by atoms with Crippen molar-refractivity contribution in [1.82, 2.24) is 19.7 Å². The largest absolute Gasteiger partial charge is 0.459 e. The maximum Gasteiger partial charge on any atom is 0.232 e. The van der Waals surface area contributed by atoms with E-state index in [9.17, 15) is 0 Å². The second-order valence-corrected chi connectivity index (χ2v) is 5.76. The normalized spacial score (nSPS) is 13.2. The van der Waals surface area contributed by atoms with Crippen molar-refractivity contribution in [2.75, 3.05) is 12.1 Å². The summed E-state index contributed by atoms with van der Waals surface area (Å²) in [5.74, 6) is 1.84.